The smallest absolute Gasteiger partial charge is 0.317 e. The number of nitrogens with zero attached hydrogens (tertiary/aromatic N) is 4. The molecule has 0 bridgehead atoms. The zero-order chi connectivity index (χ0) is 14.3. The van der Waals surface area contributed by atoms with Crippen LogP contribution in [-0.4, -0.2) is 44.6 Å². The highest BCUT2D eigenvalue weighted by atomic mass is 16.5. The van der Waals surface area contributed by atoms with Gasteiger partial charge < -0.3 is 4.74 Å². The molecule has 4 heterocycles. The van der Waals surface area contributed by atoms with Gasteiger partial charge in [0, 0.05) is 24.0 Å². The first-order valence-electron chi connectivity index (χ1n) is 7.76. The summed E-state index contributed by atoms with van der Waals surface area (Å²) >= 11 is 0. The largest absolute Gasteiger partial charge is 0.458 e. The van der Waals surface area contributed by atoms with Crippen LogP contribution in [0.25, 0.3) is 10.9 Å². The second-order valence-electron chi connectivity index (χ2n) is 6.14. The van der Waals surface area contributed by atoms with Crippen LogP contribution in [0.5, 0.6) is 6.01 Å². The Morgan fingerprint density at radius 1 is 1.24 bits per heavy atom. The second-order valence-corrected chi connectivity index (χ2v) is 6.14. The standard InChI is InChI=1S/C16H20N4O/c1-12(16-5-2-8-20(16)9-3-6-16)21-15-18-11-13-10-17-7-4-14(13)19-15/h4,7,10-12H,2-3,5-6,8-9H2,1H3. The molecule has 5 heteroatoms. The van der Waals surface area contributed by atoms with Crippen LogP contribution in [0, 0.1) is 0 Å². The van der Waals surface area contributed by atoms with Crippen molar-refractivity contribution in [2.75, 3.05) is 13.1 Å². The van der Waals surface area contributed by atoms with E-state index in [2.05, 4.69) is 26.8 Å². The number of rotatable bonds is 3. The minimum absolute atomic E-state index is 0.127. The van der Waals surface area contributed by atoms with Crippen molar-refractivity contribution in [3.63, 3.8) is 0 Å². The van der Waals surface area contributed by atoms with Crippen molar-refractivity contribution in [2.24, 2.45) is 0 Å². The molecule has 0 aromatic carbocycles. The van der Waals surface area contributed by atoms with E-state index in [-0.39, 0.29) is 11.6 Å². The first kappa shape index (κ1) is 13.0. The van der Waals surface area contributed by atoms with Gasteiger partial charge in [-0.15, -0.1) is 0 Å². The van der Waals surface area contributed by atoms with Crippen molar-refractivity contribution >= 4 is 10.9 Å². The van der Waals surface area contributed by atoms with Crippen LogP contribution >= 0.6 is 0 Å². The highest BCUT2D eigenvalue weighted by Crippen LogP contribution is 2.42. The second kappa shape index (κ2) is 4.91. The SMILES string of the molecule is CC(Oc1ncc2cnccc2n1)C12CCCN1CCC2. The Balaban J connectivity index is 1.59. The molecule has 110 valence electrons. The van der Waals surface area contributed by atoms with Gasteiger partial charge in [0.1, 0.15) is 6.10 Å². The molecule has 0 N–H and O–H groups in total. The summed E-state index contributed by atoms with van der Waals surface area (Å²) in [6, 6.07) is 2.37. The van der Waals surface area contributed by atoms with Crippen molar-refractivity contribution in [3.05, 3.63) is 24.7 Å². The summed E-state index contributed by atoms with van der Waals surface area (Å²) < 4.78 is 6.13. The van der Waals surface area contributed by atoms with Gasteiger partial charge in [-0.1, -0.05) is 0 Å². The number of hydrogen-bond donors (Lipinski definition) is 0. The van der Waals surface area contributed by atoms with E-state index in [9.17, 15) is 0 Å². The number of fused-ring (bicyclic) bond motifs is 2. The average molecular weight is 284 g/mol. The fourth-order valence-electron chi connectivity index (χ4n) is 4.00. The van der Waals surface area contributed by atoms with Crippen LogP contribution < -0.4 is 4.74 Å². The third-order valence-electron chi connectivity index (χ3n) is 5.10. The molecule has 2 aliphatic heterocycles. The molecule has 0 saturated carbocycles. The minimum atomic E-state index is 0.127. The lowest BCUT2D eigenvalue weighted by Crippen LogP contribution is -2.50. The lowest BCUT2D eigenvalue weighted by molar-refractivity contribution is 0.0407. The number of hydrogen-bond acceptors (Lipinski definition) is 5. The van der Waals surface area contributed by atoms with Crippen molar-refractivity contribution in [3.8, 4) is 6.01 Å². The van der Waals surface area contributed by atoms with E-state index in [0.29, 0.717) is 6.01 Å². The summed E-state index contributed by atoms with van der Waals surface area (Å²) in [7, 11) is 0. The van der Waals surface area contributed by atoms with Gasteiger partial charge in [0.25, 0.3) is 0 Å². The summed E-state index contributed by atoms with van der Waals surface area (Å²) in [6.07, 6.45) is 10.4. The molecule has 2 aliphatic rings. The summed E-state index contributed by atoms with van der Waals surface area (Å²) in [4.78, 5) is 15.5. The topological polar surface area (TPSA) is 51.1 Å². The van der Waals surface area contributed by atoms with Crippen LogP contribution in [0.4, 0.5) is 0 Å². The van der Waals surface area contributed by atoms with Crippen LogP contribution in [0.15, 0.2) is 24.7 Å². The molecule has 2 fully saturated rings. The van der Waals surface area contributed by atoms with Crippen molar-refractivity contribution < 1.29 is 4.74 Å². The molecular formula is C16H20N4O. The Morgan fingerprint density at radius 2 is 2.05 bits per heavy atom. The molecule has 4 rings (SSSR count). The van der Waals surface area contributed by atoms with E-state index in [0.717, 1.165) is 10.9 Å². The summed E-state index contributed by atoms with van der Waals surface area (Å²) in [5.41, 5.74) is 1.09. The predicted octanol–water partition coefficient (Wildman–Crippen LogP) is 2.42. The Morgan fingerprint density at radius 3 is 2.86 bits per heavy atom. The lowest BCUT2D eigenvalue weighted by Gasteiger charge is -2.37. The van der Waals surface area contributed by atoms with Crippen LogP contribution in [0.2, 0.25) is 0 Å². The van der Waals surface area contributed by atoms with Gasteiger partial charge in [-0.2, -0.15) is 4.98 Å². The zero-order valence-electron chi connectivity index (χ0n) is 12.3. The van der Waals surface area contributed by atoms with E-state index < -0.39 is 0 Å². The summed E-state index contributed by atoms with van der Waals surface area (Å²) in [5, 5.41) is 0.944. The number of pyridine rings is 1. The molecule has 1 atom stereocenters. The zero-order valence-corrected chi connectivity index (χ0v) is 12.3. The lowest BCUT2D eigenvalue weighted by atomic mass is 9.88. The fourth-order valence-corrected chi connectivity index (χ4v) is 4.00. The monoisotopic (exact) mass is 284 g/mol. The van der Waals surface area contributed by atoms with Gasteiger partial charge in [-0.3, -0.25) is 9.88 Å². The maximum absolute atomic E-state index is 6.13. The maximum Gasteiger partial charge on any atom is 0.317 e. The molecule has 0 spiro atoms. The van der Waals surface area contributed by atoms with E-state index >= 15 is 0 Å². The molecule has 2 aromatic heterocycles. The van der Waals surface area contributed by atoms with E-state index in [1.54, 1.807) is 18.6 Å². The molecule has 0 aliphatic carbocycles. The maximum atomic E-state index is 6.13. The van der Waals surface area contributed by atoms with Crippen molar-refractivity contribution in [1.82, 2.24) is 19.9 Å². The third kappa shape index (κ3) is 2.07. The van der Waals surface area contributed by atoms with Gasteiger partial charge in [-0.25, -0.2) is 4.98 Å². The van der Waals surface area contributed by atoms with Gasteiger partial charge in [0.15, 0.2) is 0 Å². The number of ether oxygens (including phenoxy) is 1. The van der Waals surface area contributed by atoms with Gasteiger partial charge in [0.2, 0.25) is 0 Å². The Hall–Kier alpha value is -1.75. The molecule has 0 radical (unpaired) electrons. The highest BCUT2D eigenvalue weighted by Gasteiger charge is 2.49. The van der Waals surface area contributed by atoms with Crippen molar-refractivity contribution in [2.45, 2.75) is 44.2 Å². The molecule has 2 aromatic rings. The molecule has 2 saturated heterocycles. The van der Waals surface area contributed by atoms with E-state index in [1.165, 1.54) is 38.8 Å². The first-order chi connectivity index (χ1) is 10.3. The summed E-state index contributed by atoms with van der Waals surface area (Å²) in [6.45, 7) is 4.58. The summed E-state index contributed by atoms with van der Waals surface area (Å²) in [5.74, 6) is 0. The van der Waals surface area contributed by atoms with Gasteiger partial charge in [-0.05, 0) is 51.8 Å². The van der Waals surface area contributed by atoms with Crippen LogP contribution in [0.3, 0.4) is 0 Å². The molecule has 1 unspecified atom stereocenters. The van der Waals surface area contributed by atoms with Gasteiger partial charge in [0.05, 0.1) is 11.1 Å². The first-order valence-corrected chi connectivity index (χ1v) is 7.76. The molecular weight excluding hydrogens is 264 g/mol. The van der Waals surface area contributed by atoms with Crippen LogP contribution in [0.1, 0.15) is 32.6 Å². The minimum Gasteiger partial charge on any atom is -0.458 e. The van der Waals surface area contributed by atoms with Crippen molar-refractivity contribution in [1.29, 1.82) is 0 Å². The Bertz CT molecular complexity index is 650. The fraction of sp³-hybridized carbons (Fsp3) is 0.562. The number of aromatic nitrogens is 3. The average Bonchev–Trinajstić information content (AvgIpc) is 3.07. The quantitative estimate of drug-likeness (QED) is 0.866. The molecule has 5 nitrogen and oxygen atoms in total. The Labute approximate surface area is 124 Å². The predicted molar refractivity (Wildman–Crippen MR) is 80.2 cm³/mol. The Kier molecular flexibility index (Phi) is 3.03. The normalized spacial score (nSPS) is 22.3. The van der Waals surface area contributed by atoms with E-state index in [4.69, 9.17) is 4.74 Å². The highest BCUT2D eigenvalue weighted by molar-refractivity contribution is 5.76. The van der Waals surface area contributed by atoms with E-state index in [1.807, 2.05) is 6.07 Å². The van der Waals surface area contributed by atoms with Crippen LogP contribution in [-0.2, 0) is 0 Å². The third-order valence-corrected chi connectivity index (χ3v) is 5.10. The molecule has 21 heavy (non-hydrogen) atoms. The molecule has 0 amide bonds. The van der Waals surface area contributed by atoms with Gasteiger partial charge >= 0.3 is 6.01 Å².